The van der Waals surface area contributed by atoms with Gasteiger partial charge in [-0.15, -0.1) is 23.1 Å². The van der Waals surface area contributed by atoms with Crippen molar-refractivity contribution in [2.24, 2.45) is 0 Å². The Labute approximate surface area is 121 Å². The lowest BCUT2D eigenvalue weighted by Crippen LogP contribution is -2.24. The van der Waals surface area contributed by atoms with Crippen molar-refractivity contribution in [3.63, 3.8) is 0 Å². The first-order valence-corrected chi connectivity index (χ1v) is 8.06. The third-order valence-electron chi connectivity index (χ3n) is 2.52. The molecule has 0 aliphatic heterocycles. The molecule has 0 aliphatic rings. The molecule has 2 aromatic rings. The molecule has 2 heterocycles. The number of pyridine rings is 1. The first-order valence-electron chi connectivity index (χ1n) is 6.02. The monoisotopic (exact) mass is 292 g/mol. The molecular formula is C14H16N2OS2. The van der Waals surface area contributed by atoms with Gasteiger partial charge in [0.2, 0.25) is 5.91 Å². The molecular weight excluding hydrogens is 276 g/mol. The van der Waals surface area contributed by atoms with Crippen LogP contribution in [0.2, 0.25) is 0 Å². The van der Waals surface area contributed by atoms with Gasteiger partial charge in [-0.3, -0.25) is 9.78 Å². The number of amides is 1. The summed E-state index contributed by atoms with van der Waals surface area (Å²) in [7, 11) is 0. The highest BCUT2D eigenvalue weighted by atomic mass is 32.2. The van der Waals surface area contributed by atoms with E-state index in [1.807, 2.05) is 25.1 Å². The number of rotatable bonds is 6. The van der Waals surface area contributed by atoms with Crippen molar-refractivity contribution in [2.45, 2.75) is 19.2 Å². The van der Waals surface area contributed by atoms with Crippen LogP contribution in [-0.2, 0) is 17.1 Å². The number of carbonyl (C=O) groups is 1. The number of aromatic nitrogens is 1. The lowest BCUT2D eigenvalue weighted by atomic mass is 10.2. The van der Waals surface area contributed by atoms with Crippen LogP contribution >= 0.6 is 23.1 Å². The van der Waals surface area contributed by atoms with Gasteiger partial charge in [-0.1, -0.05) is 12.1 Å². The number of nitrogens with zero attached hydrogens (tertiary/aromatic N) is 1. The van der Waals surface area contributed by atoms with Crippen LogP contribution in [-0.4, -0.2) is 16.6 Å². The molecule has 0 bridgehead atoms. The molecule has 0 atom stereocenters. The summed E-state index contributed by atoms with van der Waals surface area (Å²) in [4.78, 5) is 17.2. The molecule has 0 fully saturated rings. The van der Waals surface area contributed by atoms with Crippen molar-refractivity contribution >= 4 is 29.0 Å². The van der Waals surface area contributed by atoms with Gasteiger partial charge in [0.1, 0.15) is 0 Å². The Morgan fingerprint density at radius 3 is 3.00 bits per heavy atom. The Bertz CT molecular complexity index is 509. The van der Waals surface area contributed by atoms with Crippen molar-refractivity contribution in [3.8, 4) is 0 Å². The summed E-state index contributed by atoms with van der Waals surface area (Å²) in [6.07, 6.45) is 1.80. The SMILES string of the molecule is Cc1ccc(CNC(=O)CSCc2cccs2)cn1. The highest BCUT2D eigenvalue weighted by Gasteiger charge is 2.02. The lowest BCUT2D eigenvalue weighted by molar-refractivity contribution is -0.118. The van der Waals surface area contributed by atoms with Crippen LogP contribution in [0.1, 0.15) is 16.1 Å². The molecule has 0 unspecified atom stereocenters. The standard InChI is InChI=1S/C14H16N2OS2/c1-11-4-5-12(7-15-11)8-16-14(17)10-18-9-13-3-2-6-19-13/h2-7H,8-10H2,1H3,(H,16,17). The van der Waals surface area contributed by atoms with Crippen molar-refractivity contribution in [1.82, 2.24) is 10.3 Å². The summed E-state index contributed by atoms with van der Waals surface area (Å²) in [6.45, 7) is 2.50. The van der Waals surface area contributed by atoms with Gasteiger partial charge >= 0.3 is 0 Å². The molecule has 0 radical (unpaired) electrons. The van der Waals surface area contributed by atoms with Gasteiger partial charge in [0.15, 0.2) is 0 Å². The van der Waals surface area contributed by atoms with E-state index in [-0.39, 0.29) is 5.91 Å². The van der Waals surface area contributed by atoms with Gasteiger partial charge in [-0.2, -0.15) is 0 Å². The molecule has 2 aromatic heterocycles. The maximum atomic E-state index is 11.7. The van der Waals surface area contributed by atoms with Gasteiger partial charge < -0.3 is 5.32 Å². The topological polar surface area (TPSA) is 42.0 Å². The van der Waals surface area contributed by atoms with Crippen LogP contribution in [0.4, 0.5) is 0 Å². The Morgan fingerprint density at radius 1 is 1.42 bits per heavy atom. The molecule has 1 amide bonds. The number of hydrogen-bond acceptors (Lipinski definition) is 4. The van der Waals surface area contributed by atoms with E-state index in [0.717, 1.165) is 17.0 Å². The quantitative estimate of drug-likeness (QED) is 0.890. The van der Waals surface area contributed by atoms with Crippen molar-refractivity contribution in [1.29, 1.82) is 0 Å². The van der Waals surface area contributed by atoms with Gasteiger partial charge in [-0.05, 0) is 30.0 Å². The van der Waals surface area contributed by atoms with E-state index in [2.05, 4.69) is 21.7 Å². The number of thiophene rings is 1. The Hall–Kier alpha value is -1.33. The van der Waals surface area contributed by atoms with Crippen LogP contribution in [0.5, 0.6) is 0 Å². The second kappa shape index (κ2) is 7.31. The number of carbonyl (C=O) groups excluding carboxylic acids is 1. The number of hydrogen-bond donors (Lipinski definition) is 1. The molecule has 0 aliphatic carbocycles. The minimum Gasteiger partial charge on any atom is -0.351 e. The van der Waals surface area contributed by atoms with Crippen LogP contribution in [0.15, 0.2) is 35.8 Å². The second-order valence-corrected chi connectivity index (χ2v) is 6.17. The van der Waals surface area contributed by atoms with Gasteiger partial charge in [-0.25, -0.2) is 0 Å². The summed E-state index contributed by atoms with van der Waals surface area (Å²) in [6, 6.07) is 8.06. The van der Waals surface area contributed by atoms with Gasteiger partial charge in [0.05, 0.1) is 5.75 Å². The van der Waals surface area contributed by atoms with E-state index >= 15 is 0 Å². The Balaban J connectivity index is 1.65. The summed E-state index contributed by atoms with van der Waals surface area (Å²) in [5.74, 6) is 1.47. The maximum absolute atomic E-state index is 11.7. The molecule has 19 heavy (non-hydrogen) atoms. The van der Waals surface area contributed by atoms with Crippen LogP contribution < -0.4 is 5.32 Å². The fourth-order valence-corrected chi connectivity index (χ4v) is 3.19. The predicted octanol–water partition coefficient (Wildman–Crippen LogP) is 3.00. The summed E-state index contributed by atoms with van der Waals surface area (Å²) >= 11 is 3.36. The Kier molecular flexibility index (Phi) is 5.42. The smallest absolute Gasteiger partial charge is 0.230 e. The van der Waals surface area contributed by atoms with Crippen molar-refractivity contribution in [3.05, 3.63) is 52.0 Å². The Morgan fingerprint density at radius 2 is 2.32 bits per heavy atom. The van der Waals surface area contributed by atoms with Crippen LogP contribution in [0.3, 0.4) is 0 Å². The zero-order chi connectivity index (χ0) is 13.5. The largest absolute Gasteiger partial charge is 0.351 e. The highest BCUT2D eigenvalue weighted by molar-refractivity contribution is 7.99. The third kappa shape index (κ3) is 5.04. The van der Waals surface area contributed by atoms with E-state index in [9.17, 15) is 4.79 Å². The third-order valence-corrected chi connectivity index (χ3v) is 4.56. The van der Waals surface area contributed by atoms with E-state index in [1.165, 1.54) is 4.88 Å². The van der Waals surface area contributed by atoms with Crippen LogP contribution in [0.25, 0.3) is 0 Å². The fourth-order valence-electron chi connectivity index (χ4n) is 1.49. The van der Waals surface area contributed by atoms with E-state index in [4.69, 9.17) is 0 Å². The lowest BCUT2D eigenvalue weighted by Gasteiger charge is -2.05. The molecule has 0 spiro atoms. The van der Waals surface area contributed by atoms with Gasteiger partial charge in [0, 0.05) is 29.1 Å². The normalized spacial score (nSPS) is 10.4. The van der Waals surface area contributed by atoms with E-state index in [0.29, 0.717) is 12.3 Å². The molecule has 100 valence electrons. The zero-order valence-electron chi connectivity index (χ0n) is 10.8. The van der Waals surface area contributed by atoms with Gasteiger partial charge in [0.25, 0.3) is 0 Å². The predicted molar refractivity (Wildman–Crippen MR) is 81.3 cm³/mol. The summed E-state index contributed by atoms with van der Waals surface area (Å²) < 4.78 is 0. The maximum Gasteiger partial charge on any atom is 0.230 e. The summed E-state index contributed by atoms with van der Waals surface area (Å²) in [5.41, 5.74) is 2.02. The molecule has 0 aromatic carbocycles. The molecule has 0 saturated heterocycles. The highest BCUT2D eigenvalue weighted by Crippen LogP contribution is 2.16. The van der Waals surface area contributed by atoms with E-state index < -0.39 is 0 Å². The summed E-state index contributed by atoms with van der Waals surface area (Å²) in [5, 5.41) is 4.96. The fraction of sp³-hybridized carbons (Fsp3) is 0.286. The first kappa shape index (κ1) is 14.1. The minimum atomic E-state index is 0.0714. The average Bonchev–Trinajstić information content (AvgIpc) is 2.91. The molecule has 2 rings (SSSR count). The molecule has 1 N–H and O–H groups in total. The van der Waals surface area contributed by atoms with Crippen molar-refractivity contribution < 1.29 is 4.79 Å². The number of thioether (sulfide) groups is 1. The van der Waals surface area contributed by atoms with Crippen LogP contribution in [0, 0.1) is 6.92 Å². The molecule has 5 heteroatoms. The molecule has 3 nitrogen and oxygen atoms in total. The second-order valence-electron chi connectivity index (χ2n) is 4.16. The van der Waals surface area contributed by atoms with E-state index in [1.54, 1.807) is 29.3 Å². The average molecular weight is 292 g/mol. The number of nitrogens with one attached hydrogen (secondary N) is 1. The number of aryl methyl sites for hydroxylation is 1. The van der Waals surface area contributed by atoms with Crippen molar-refractivity contribution in [2.75, 3.05) is 5.75 Å². The minimum absolute atomic E-state index is 0.0714. The zero-order valence-corrected chi connectivity index (χ0v) is 12.4. The first-order chi connectivity index (χ1) is 9.24. The molecule has 0 saturated carbocycles.